The van der Waals surface area contributed by atoms with Crippen LogP contribution < -0.4 is 5.32 Å². The number of hydrogen-bond acceptors (Lipinski definition) is 2. The van der Waals surface area contributed by atoms with Gasteiger partial charge < -0.3 is 10.4 Å². The summed E-state index contributed by atoms with van der Waals surface area (Å²) >= 11 is 0. The van der Waals surface area contributed by atoms with E-state index in [0.717, 1.165) is 25.7 Å². The van der Waals surface area contributed by atoms with Gasteiger partial charge in [-0.05, 0) is 37.2 Å². The van der Waals surface area contributed by atoms with E-state index in [2.05, 4.69) is 19.2 Å². The molecule has 0 unspecified atom stereocenters. The summed E-state index contributed by atoms with van der Waals surface area (Å²) < 4.78 is 13.4. The van der Waals surface area contributed by atoms with Crippen molar-refractivity contribution in [3.8, 4) is 0 Å². The van der Waals surface area contributed by atoms with E-state index in [9.17, 15) is 9.50 Å². The molecule has 1 saturated carbocycles. The van der Waals surface area contributed by atoms with Crippen LogP contribution in [-0.4, -0.2) is 17.3 Å². The monoisotopic (exact) mass is 265 g/mol. The van der Waals surface area contributed by atoms with E-state index in [-0.39, 0.29) is 5.82 Å². The highest BCUT2D eigenvalue weighted by Crippen LogP contribution is 2.39. The Balaban J connectivity index is 1.81. The third-order valence-electron chi connectivity index (χ3n) is 4.26. The molecule has 1 aromatic rings. The summed E-state index contributed by atoms with van der Waals surface area (Å²) in [5.74, 6) is -0.188. The van der Waals surface area contributed by atoms with Crippen molar-refractivity contribution in [1.29, 1.82) is 0 Å². The van der Waals surface area contributed by atoms with Crippen molar-refractivity contribution < 1.29 is 9.50 Å². The minimum Gasteiger partial charge on any atom is -0.389 e. The lowest BCUT2D eigenvalue weighted by atomic mass is 9.71. The standard InChI is InChI=1S/C16H24FNO/c1-15(2)7-9-16(19,10-8-15)12-18-11-13-5-3-4-6-14(13)17/h3-6,18-19H,7-12H2,1-2H3. The van der Waals surface area contributed by atoms with Crippen LogP contribution >= 0.6 is 0 Å². The molecule has 0 spiro atoms. The molecule has 106 valence electrons. The van der Waals surface area contributed by atoms with Gasteiger partial charge in [-0.3, -0.25) is 0 Å². The van der Waals surface area contributed by atoms with E-state index < -0.39 is 5.60 Å². The lowest BCUT2D eigenvalue weighted by molar-refractivity contribution is -0.0245. The molecule has 1 aromatic carbocycles. The predicted octanol–water partition coefficient (Wildman–Crippen LogP) is 3.25. The number of benzene rings is 1. The molecule has 0 aromatic heterocycles. The van der Waals surface area contributed by atoms with Crippen LogP contribution in [0.5, 0.6) is 0 Å². The second-order valence-electron chi connectivity index (χ2n) is 6.58. The molecule has 0 amide bonds. The molecule has 0 saturated heterocycles. The first kappa shape index (κ1) is 14.5. The van der Waals surface area contributed by atoms with Gasteiger partial charge in [-0.15, -0.1) is 0 Å². The number of aliphatic hydroxyl groups is 1. The van der Waals surface area contributed by atoms with Crippen molar-refractivity contribution >= 4 is 0 Å². The van der Waals surface area contributed by atoms with Crippen LogP contribution in [-0.2, 0) is 6.54 Å². The summed E-state index contributed by atoms with van der Waals surface area (Å²) in [4.78, 5) is 0. The van der Waals surface area contributed by atoms with Gasteiger partial charge in [-0.25, -0.2) is 4.39 Å². The van der Waals surface area contributed by atoms with Gasteiger partial charge in [0.1, 0.15) is 5.82 Å². The van der Waals surface area contributed by atoms with Crippen LogP contribution in [0.3, 0.4) is 0 Å². The highest BCUT2D eigenvalue weighted by atomic mass is 19.1. The zero-order valence-electron chi connectivity index (χ0n) is 11.9. The fourth-order valence-electron chi connectivity index (χ4n) is 2.64. The zero-order chi connectivity index (χ0) is 13.9. The summed E-state index contributed by atoms with van der Waals surface area (Å²) in [6.45, 7) is 5.51. The first-order valence-electron chi connectivity index (χ1n) is 7.07. The second kappa shape index (κ2) is 5.59. The van der Waals surface area contributed by atoms with E-state index in [4.69, 9.17) is 0 Å². The maximum absolute atomic E-state index is 13.4. The third-order valence-corrected chi connectivity index (χ3v) is 4.26. The van der Waals surface area contributed by atoms with Crippen LogP contribution in [0.4, 0.5) is 4.39 Å². The molecule has 0 radical (unpaired) electrons. The Hall–Kier alpha value is -0.930. The summed E-state index contributed by atoms with van der Waals surface area (Å²) in [5.41, 5.74) is 0.376. The fraction of sp³-hybridized carbons (Fsp3) is 0.625. The van der Waals surface area contributed by atoms with Gasteiger partial charge in [0.2, 0.25) is 0 Å². The predicted molar refractivity (Wildman–Crippen MR) is 75.3 cm³/mol. The summed E-state index contributed by atoms with van der Waals surface area (Å²) in [6, 6.07) is 6.76. The Kier molecular flexibility index (Phi) is 4.26. The lowest BCUT2D eigenvalue weighted by Crippen LogP contribution is -2.44. The summed E-state index contributed by atoms with van der Waals surface area (Å²) in [5, 5.41) is 13.7. The molecule has 1 fully saturated rings. The molecule has 0 bridgehead atoms. The molecule has 1 aliphatic carbocycles. The minimum atomic E-state index is -0.624. The minimum absolute atomic E-state index is 0.188. The Morgan fingerprint density at radius 1 is 1.16 bits per heavy atom. The smallest absolute Gasteiger partial charge is 0.127 e. The van der Waals surface area contributed by atoms with Gasteiger partial charge in [-0.2, -0.15) is 0 Å². The van der Waals surface area contributed by atoms with E-state index in [1.54, 1.807) is 12.1 Å². The largest absolute Gasteiger partial charge is 0.389 e. The van der Waals surface area contributed by atoms with Gasteiger partial charge in [0, 0.05) is 18.7 Å². The van der Waals surface area contributed by atoms with Crippen LogP contribution in [0.15, 0.2) is 24.3 Å². The fourth-order valence-corrected chi connectivity index (χ4v) is 2.64. The molecule has 0 atom stereocenters. The molecule has 0 aliphatic heterocycles. The summed E-state index contributed by atoms with van der Waals surface area (Å²) in [6.07, 6.45) is 3.74. The molecular formula is C16H24FNO. The molecule has 19 heavy (non-hydrogen) atoms. The maximum atomic E-state index is 13.4. The van der Waals surface area contributed by atoms with E-state index in [1.807, 2.05) is 6.07 Å². The van der Waals surface area contributed by atoms with Crippen LogP contribution in [0.2, 0.25) is 0 Å². The summed E-state index contributed by atoms with van der Waals surface area (Å²) in [7, 11) is 0. The average Bonchev–Trinajstić information content (AvgIpc) is 2.36. The molecular weight excluding hydrogens is 241 g/mol. The number of rotatable bonds is 4. The molecule has 2 nitrogen and oxygen atoms in total. The third kappa shape index (κ3) is 4.02. The number of nitrogens with one attached hydrogen (secondary N) is 1. The van der Waals surface area contributed by atoms with Crippen LogP contribution in [0.25, 0.3) is 0 Å². The highest BCUT2D eigenvalue weighted by Gasteiger charge is 2.36. The SMILES string of the molecule is CC1(C)CCC(O)(CNCc2ccccc2F)CC1. The van der Waals surface area contributed by atoms with Gasteiger partial charge in [0.15, 0.2) is 0 Å². The molecule has 2 N–H and O–H groups in total. The zero-order valence-corrected chi connectivity index (χ0v) is 11.9. The highest BCUT2D eigenvalue weighted by molar-refractivity contribution is 5.17. The van der Waals surface area contributed by atoms with Crippen molar-refractivity contribution in [1.82, 2.24) is 5.32 Å². The van der Waals surface area contributed by atoms with Crippen molar-refractivity contribution in [2.75, 3.05) is 6.54 Å². The lowest BCUT2D eigenvalue weighted by Gasteiger charge is -2.40. The molecule has 1 aliphatic rings. The Morgan fingerprint density at radius 3 is 2.42 bits per heavy atom. The first-order valence-corrected chi connectivity index (χ1v) is 7.07. The van der Waals surface area contributed by atoms with Gasteiger partial charge in [-0.1, -0.05) is 32.0 Å². The van der Waals surface area contributed by atoms with E-state index in [0.29, 0.717) is 24.1 Å². The van der Waals surface area contributed by atoms with Crippen molar-refractivity contribution in [3.05, 3.63) is 35.6 Å². The normalized spacial score (nSPS) is 21.3. The van der Waals surface area contributed by atoms with Gasteiger partial charge in [0.05, 0.1) is 5.60 Å². The second-order valence-corrected chi connectivity index (χ2v) is 6.58. The van der Waals surface area contributed by atoms with Crippen molar-refractivity contribution in [3.63, 3.8) is 0 Å². The molecule has 3 heteroatoms. The Bertz CT molecular complexity index is 421. The Morgan fingerprint density at radius 2 is 1.79 bits per heavy atom. The van der Waals surface area contributed by atoms with Gasteiger partial charge >= 0.3 is 0 Å². The maximum Gasteiger partial charge on any atom is 0.127 e. The van der Waals surface area contributed by atoms with E-state index >= 15 is 0 Å². The van der Waals surface area contributed by atoms with Crippen LogP contribution in [0.1, 0.15) is 45.1 Å². The number of hydrogen-bond donors (Lipinski definition) is 2. The molecule has 2 rings (SSSR count). The van der Waals surface area contributed by atoms with E-state index in [1.165, 1.54) is 6.07 Å². The van der Waals surface area contributed by atoms with Gasteiger partial charge in [0.25, 0.3) is 0 Å². The Labute approximate surface area is 115 Å². The topological polar surface area (TPSA) is 32.3 Å². The molecule has 0 heterocycles. The van der Waals surface area contributed by atoms with Crippen molar-refractivity contribution in [2.45, 2.75) is 51.7 Å². The first-order chi connectivity index (χ1) is 8.90. The number of halogens is 1. The van der Waals surface area contributed by atoms with Crippen LogP contribution in [0, 0.1) is 11.2 Å². The quantitative estimate of drug-likeness (QED) is 0.876. The average molecular weight is 265 g/mol. The van der Waals surface area contributed by atoms with Crippen molar-refractivity contribution in [2.24, 2.45) is 5.41 Å².